The third-order valence-electron chi connectivity index (χ3n) is 3.55. The number of nitro groups is 1. The van der Waals surface area contributed by atoms with Crippen LogP contribution < -0.4 is 10.6 Å². The zero-order valence-corrected chi connectivity index (χ0v) is 14.8. The molecule has 27 heavy (non-hydrogen) atoms. The molecule has 0 saturated carbocycles. The summed E-state index contributed by atoms with van der Waals surface area (Å²) in [4.78, 5) is 33.0. The highest BCUT2D eigenvalue weighted by molar-refractivity contribution is 5.80. The van der Waals surface area contributed by atoms with Crippen LogP contribution in [0.25, 0.3) is 0 Å². The van der Waals surface area contributed by atoms with E-state index >= 15 is 0 Å². The normalized spacial score (nSPS) is 12.2. The molecular weight excluding hydrogens is 371 g/mol. The van der Waals surface area contributed by atoms with Gasteiger partial charge >= 0.3 is 12.1 Å². The number of nitrogens with zero attached hydrogens (tertiary/aromatic N) is 1. The second kappa shape index (κ2) is 9.74. The lowest BCUT2D eigenvalue weighted by molar-refractivity contribution is -0.384. The van der Waals surface area contributed by atoms with Crippen LogP contribution in [0.3, 0.4) is 0 Å². The van der Waals surface area contributed by atoms with Gasteiger partial charge in [0, 0.05) is 18.7 Å². The summed E-state index contributed by atoms with van der Waals surface area (Å²) in [5.41, 5.74) is -2.06. The fourth-order valence-corrected chi connectivity index (χ4v) is 1.94. The highest BCUT2D eigenvalue weighted by Crippen LogP contribution is 2.34. The molecule has 1 aromatic rings. The molecule has 8 nitrogen and oxygen atoms in total. The van der Waals surface area contributed by atoms with E-state index < -0.39 is 40.8 Å². The summed E-state index contributed by atoms with van der Waals surface area (Å²) >= 11 is 0. The molecule has 0 saturated heterocycles. The molecule has 0 aromatic heterocycles. The van der Waals surface area contributed by atoms with Crippen LogP contribution in [0.1, 0.15) is 32.3 Å². The molecule has 1 atom stereocenters. The first-order valence-corrected chi connectivity index (χ1v) is 8.09. The lowest BCUT2D eigenvalue weighted by Gasteiger charge is -2.12. The van der Waals surface area contributed by atoms with Gasteiger partial charge in [0.05, 0.1) is 16.9 Å². The number of alkyl halides is 3. The van der Waals surface area contributed by atoms with Crippen molar-refractivity contribution in [3.05, 3.63) is 33.9 Å². The van der Waals surface area contributed by atoms with E-state index in [9.17, 15) is 32.9 Å². The quantitative estimate of drug-likeness (QED) is 0.380. The second-order valence-corrected chi connectivity index (χ2v) is 5.70. The van der Waals surface area contributed by atoms with Crippen molar-refractivity contribution in [3.63, 3.8) is 0 Å². The molecule has 0 heterocycles. The lowest BCUT2D eigenvalue weighted by atomic mass is 10.1. The fraction of sp³-hybridized carbons (Fsp3) is 0.500. The Morgan fingerprint density at radius 1 is 1.33 bits per heavy atom. The van der Waals surface area contributed by atoms with Crippen molar-refractivity contribution in [1.29, 1.82) is 0 Å². The van der Waals surface area contributed by atoms with Crippen molar-refractivity contribution in [2.45, 2.75) is 38.9 Å². The number of hydrogen-bond acceptors (Lipinski definition) is 6. The number of halogens is 3. The van der Waals surface area contributed by atoms with Crippen LogP contribution in [-0.2, 0) is 20.5 Å². The Labute approximate surface area is 153 Å². The summed E-state index contributed by atoms with van der Waals surface area (Å²) in [5, 5.41) is 16.1. The minimum Gasteiger partial charge on any atom is -0.456 e. The summed E-state index contributed by atoms with van der Waals surface area (Å²) < 4.78 is 42.7. The number of ether oxygens (including phenoxy) is 1. The number of carbonyl (C=O) groups is 2. The molecule has 1 aromatic carbocycles. The third-order valence-corrected chi connectivity index (χ3v) is 3.55. The van der Waals surface area contributed by atoms with Gasteiger partial charge in [-0.2, -0.15) is 13.2 Å². The van der Waals surface area contributed by atoms with Gasteiger partial charge in [0.25, 0.3) is 11.6 Å². The molecular formula is C16H20F3N3O5. The Kier molecular flexibility index (Phi) is 8.00. The number of nitro benzene ring substituents is 1. The van der Waals surface area contributed by atoms with Gasteiger partial charge < -0.3 is 15.4 Å². The Morgan fingerprint density at radius 2 is 2.00 bits per heavy atom. The van der Waals surface area contributed by atoms with Gasteiger partial charge in [-0.3, -0.25) is 19.7 Å². The smallest absolute Gasteiger partial charge is 0.416 e. The number of esters is 1. The highest BCUT2D eigenvalue weighted by atomic mass is 19.4. The number of rotatable bonds is 9. The number of benzene rings is 1. The van der Waals surface area contributed by atoms with Crippen LogP contribution in [0.4, 0.5) is 24.5 Å². The van der Waals surface area contributed by atoms with E-state index in [1.165, 1.54) is 0 Å². The van der Waals surface area contributed by atoms with Crippen molar-refractivity contribution in [2.75, 3.05) is 18.5 Å². The maximum Gasteiger partial charge on any atom is 0.416 e. The molecule has 0 bridgehead atoms. The van der Waals surface area contributed by atoms with E-state index in [-0.39, 0.29) is 24.7 Å². The molecule has 0 radical (unpaired) electrons. The van der Waals surface area contributed by atoms with Crippen LogP contribution in [0.2, 0.25) is 0 Å². The maximum absolute atomic E-state index is 12.6. The number of amides is 1. The summed E-state index contributed by atoms with van der Waals surface area (Å²) in [7, 11) is 0. The van der Waals surface area contributed by atoms with Gasteiger partial charge in [-0.1, -0.05) is 6.92 Å². The molecule has 2 N–H and O–H groups in total. The average Bonchev–Trinajstić information content (AvgIpc) is 2.58. The first kappa shape index (κ1) is 22.2. The number of hydrogen-bond donors (Lipinski definition) is 2. The Balaban J connectivity index is 2.55. The van der Waals surface area contributed by atoms with Crippen molar-refractivity contribution in [3.8, 4) is 0 Å². The average molecular weight is 391 g/mol. The molecule has 0 unspecified atom stereocenters. The minimum absolute atomic E-state index is 0.0573. The van der Waals surface area contributed by atoms with Crippen LogP contribution in [0.5, 0.6) is 0 Å². The summed E-state index contributed by atoms with van der Waals surface area (Å²) in [6, 6.07) is 1.98. The number of nitrogens with one attached hydrogen (secondary N) is 2. The molecule has 150 valence electrons. The predicted octanol–water partition coefficient (Wildman–Crippen LogP) is 2.87. The van der Waals surface area contributed by atoms with Crippen LogP contribution in [0.15, 0.2) is 18.2 Å². The highest BCUT2D eigenvalue weighted by Gasteiger charge is 2.33. The van der Waals surface area contributed by atoms with E-state index in [2.05, 4.69) is 10.6 Å². The van der Waals surface area contributed by atoms with Gasteiger partial charge in [-0.25, -0.2) is 0 Å². The second-order valence-electron chi connectivity index (χ2n) is 5.70. The predicted molar refractivity (Wildman–Crippen MR) is 90.1 cm³/mol. The van der Waals surface area contributed by atoms with E-state index in [0.717, 1.165) is 12.5 Å². The van der Waals surface area contributed by atoms with E-state index in [0.29, 0.717) is 12.1 Å². The first-order chi connectivity index (χ1) is 12.5. The van der Waals surface area contributed by atoms with Gasteiger partial charge in [0.2, 0.25) is 0 Å². The molecule has 1 amide bonds. The molecule has 0 aliphatic rings. The van der Waals surface area contributed by atoms with Gasteiger partial charge in [-0.05, 0) is 25.5 Å². The van der Waals surface area contributed by atoms with Gasteiger partial charge in [-0.15, -0.1) is 0 Å². The Hall–Kier alpha value is -2.85. The van der Waals surface area contributed by atoms with Crippen molar-refractivity contribution in [2.24, 2.45) is 0 Å². The molecule has 0 fully saturated rings. The van der Waals surface area contributed by atoms with Crippen LogP contribution in [-0.4, -0.2) is 36.0 Å². The topological polar surface area (TPSA) is 111 Å². The monoisotopic (exact) mass is 391 g/mol. The number of anilines is 1. The SMILES string of the molecule is CC[C@@H](C)NC(=O)COC(=O)CCNc1ccc(C(F)(F)F)cc1[N+](=O)[O-]. The lowest BCUT2D eigenvalue weighted by Crippen LogP contribution is -2.35. The molecule has 0 spiro atoms. The summed E-state index contributed by atoms with van der Waals surface area (Å²) in [5.74, 6) is -1.18. The summed E-state index contributed by atoms with van der Waals surface area (Å²) in [6.45, 7) is 3.10. The standard InChI is InChI=1S/C16H20F3N3O5/c1-3-10(2)21-14(23)9-27-15(24)6-7-20-12-5-4-11(16(17,18)19)8-13(12)22(25)26/h4-5,8,10,20H,3,6-7,9H2,1-2H3,(H,21,23)/t10-/m1/s1. The molecule has 0 aliphatic heterocycles. The number of carbonyl (C=O) groups excluding carboxylic acids is 2. The fourth-order valence-electron chi connectivity index (χ4n) is 1.94. The zero-order chi connectivity index (χ0) is 20.6. The first-order valence-electron chi connectivity index (χ1n) is 8.09. The molecule has 11 heteroatoms. The zero-order valence-electron chi connectivity index (χ0n) is 14.8. The van der Waals surface area contributed by atoms with Crippen molar-refractivity contribution >= 4 is 23.3 Å². The Bertz CT molecular complexity index is 694. The maximum atomic E-state index is 12.6. The van der Waals surface area contributed by atoms with Crippen molar-refractivity contribution in [1.82, 2.24) is 5.32 Å². The molecule has 0 aliphatic carbocycles. The Morgan fingerprint density at radius 3 is 2.56 bits per heavy atom. The van der Waals surface area contributed by atoms with E-state index in [1.54, 1.807) is 6.92 Å². The molecule has 1 rings (SSSR count). The van der Waals surface area contributed by atoms with E-state index in [4.69, 9.17) is 4.74 Å². The third kappa shape index (κ3) is 7.50. The summed E-state index contributed by atoms with van der Waals surface area (Å²) in [6.07, 6.45) is -4.22. The van der Waals surface area contributed by atoms with E-state index in [1.807, 2.05) is 6.92 Å². The van der Waals surface area contributed by atoms with Crippen molar-refractivity contribution < 1.29 is 32.4 Å². The minimum atomic E-state index is -4.71. The van der Waals surface area contributed by atoms with Gasteiger partial charge in [0.1, 0.15) is 5.69 Å². The van der Waals surface area contributed by atoms with Crippen LogP contribution >= 0.6 is 0 Å². The van der Waals surface area contributed by atoms with Crippen LogP contribution in [0, 0.1) is 10.1 Å². The van der Waals surface area contributed by atoms with Gasteiger partial charge in [0.15, 0.2) is 6.61 Å². The largest absolute Gasteiger partial charge is 0.456 e.